The predicted molar refractivity (Wildman–Crippen MR) is 79.8 cm³/mol. The van der Waals surface area contributed by atoms with Crippen molar-refractivity contribution in [1.29, 1.82) is 0 Å². The maximum atomic E-state index is 12.4. The van der Waals surface area contributed by atoms with Gasteiger partial charge in [0, 0.05) is 12.2 Å². The van der Waals surface area contributed by atoms with Gasteiger partial charge in [0.2, 0.25) is 0 Å². The average Bonchev–Trinajstić information content (AvgIpc) is 2.45. The minimum Gasteiger partial charge on any atom is -0.465 e. The lowest BCUT2D eigenvalue weighted by molar-refractivity contribution is -0.157. The maximum Gasteiger partial charge on any atom is 0.319 e. The molecule has 110 valence electrons. The summed E-state index contributed by atoms with van der Waals surface area (Å²) in [6.45, 7) is 8.14. The van der Waals surface area contributed by atoms with Crippen molar-refractivity contribution in [3.8, 4) is 0 Å². The first-order valence-electron chi connectivity index (χ1n) is 6.94. The van der Waals surface area contributed by atoms with Gasteiger partial charge in [-0.15, -0.1) is 0 Å². The van der Waals surface area contributed by atoms with Crippen LogP contribution in [0.5, 0.6) is 0 Å². The minimum absolute atomic E-state index is 0.137. The van der Waals surface area contributed by atoms with Gasteiger partial charge >= 0.3 is 5.97 Å². The second kappa shape index (κ2) is 7.08. The average molecular weight is 277 g/mol. The SMILES string of the molecule is CCOC(=O)C(C)(C)C(=O)CN(CC)c1ccccc1. The number of ketones is 1. The van der Waals surface area contributed by atoms with Gasteiger partial charge in [0.15, 0.2) is 5.78 Å². The van der Waals surface area contributed by atoms with E-state index in [2.05, 4.69) is 0 Å². The molecule has 1 aromatic carbocycles. The summed E-state index contributed by atoms with van der Waals surface area (Å²) in [4.78, 5) is 26.2. The lowest BCUT2D eigenvalue weighted by atomic mass is 9.87. The van der Waals surface area contributed by atoms with Crippen molar-refractivity contribution in [3.05, 3.63) is 30.3 Å². The Bertz CT molecular complexity index is 454. The topological polar surface area (TPSA) is 46.6 Å². The van der Waals surface area contributed by atoms with Gasteiger partial charge in [-0.25, -0.2) is 0 Å². The molecule has 0 aliphatic heterocycles. The van der Waals surface area contributed by atoms with Crippen molar-refractivity contribution in [1.82, 2.24) is 0 Å². The summed E-state index contributed by atoms with van der Waals surface area (Å²) >= 11 is 0. The molecule has 0 saturated carbocycles. The second-order valence-electron chi connectivity index (χ2n) is 5.12. The normalized spacial score (nSPS) is 11.0. The predicted octanol–water partition coefficient (Wildman–Crippen LogP) is 2.67. The smallest absolute Gasteiger partial charge is 0.319 e. The van der Waals surface area contributed by atoms with E-state index in [4.69, 9.17) is 4.74 Å². The summed E-state index contributed by atoms with van der Waals surface area (Å²) < 4.78 is 4.97. The highest BCUT2D eigenvalue weighted by Crippen LogP contribution is 2.21. The third kappa shape index (κ3) is 3.83. The summed E-state index contributed by atoms with van der Waals surface area (Å²) in [6.07, 6.45) is 0. The van der Waals surface area contributed by atoms with Crippen LogP contribution in [-0.4, -0.2) is 31.4 Å². The molecule has 4 nitrogen and oxygen atoms in total. The summed E-state index contributed by atoms with van der Waals surface area (Å²) in [6, 6.07) is 9.70. The molecule has 0 amide bonds. The van der Waals surface area contributed by atoms with Gasteiger partial charge in [-0.05, 0) is 39.8 Å². The zero-order valence-corrected chi connectivity index (χ0v) is 12.7. The Morgan fingerprint density at radius 2 is 1.75 bits per heavy atom. The third-order valence-corrected chi connectivity index (χ3v) is 3.32. The number of hydrogen-bond acceptors (Lipinski definition) is 4. The molecule has 20 heavy (non-hydrogen) atoms. The van der Waals surface area contributed by atoms with Crippen LogP contribution in [0.3, 0.4) is 0 Å². The Hall–Kier alpha value is -1.84. The van der Waals surface area contributed by atoms with Crippen LogP contribution in [-0.2, 0) is 14.3 Å². The summed E-state index contributed by atoms with van der Waals surface area (Å²) in [5.74, 6) is -0.601. The highest BCUT2D eigenvalue weighted by molar-refractivity contribution is 6.04. The van der Waals surface area contributed by atoms with Crippen LogP contribution in [0.15, 0.2) is 30.3 Å². The van der Waals surface area contributed by atoms with Gasteiger partial charge in [0.25, 0.3) is 0 Å². The van der Waals surface area contributed by atoms with Gasteiger partial charge in [-0.1, -0.05) is 18.2 Å². The highest BCUT2D eigenvalue weighted by atomic mass is 16.5. The number of carbonyl (C=O) groups is 2. The summed E-state index contributed by atoms with van der Waals surface area (Å²) in [5.41, 5.74) is -0.138. The lowest BCUT2D eigenvalue weighted by Gasteiger charge is -2.27. The Balaban J connectivity index is 2.80. The van der Waals surface area contributed by atoms with E-state index in [-0.39, 0.29) is 18.9 Å². The number of Topliss-reactive ketones (excluding diaryl/α,β-unsaturated/α-hetero) is 1. The third-order valence-electron chi connectivity index (χ3n) is 3.32. The fourth-order valence-corrected chi connectivity index (χ4v) is 1.82. The number of anilines is 1. The summed E-state index contributed by atoms with van der Waals surface area (Å²) in [5, 5.41) is 0. The standard InChI is InChI=1S/C16H23NO3/c1-5-17(13-10-8-7-9-11-13)12-14(18)16(3,4)15(19)20-6-2/h7-11H,5-6,12H2,1-4H3. The molecule has 0 aliphatic carbocycles. The number of rotatable bonds is 7. The Kier molecular flexibility index (Phi) is 5.74. The Morgan fingerprint density at radius 3 is 2.25 bits per heavy atom. The van der Waals surface area contributed by atoms with Crippen molar-refractivity contribution < 1.29 is 14.3 Å². The van der Waals surface area contributed by atoms with E-state index in [1.165, 1.54) is 0 Å². The van der Waals surface area contributed by atoms with E-state index < -0.39 is 11.4 Å². The van der Waals surface area contributed by atoms with Gasteiger partial charge in [-0.3, -0.25) is 9.59 Å². The van der Waals surface area contributed by atoms with Crippen molar-refractivity contribution in [2.45, 2.75) is 27.7 Å². The number of nitrogens with zero attached hydrogens (tertiary/aromatic N) is 1. The van der Waals surface area contributed by atoms with Gasteiger partial charge < -0.3 is 9.64 Å². The lowest BCUT2D eigenvalue weighted by Crippen LogP contribution is -2.42. The van der Waals surface area contributed by atoms with Crippen molar-refractivity contribution in [2.24, 2.45) is 5.41 Å². The fourth-order valence-electron chi connectivity index (χ4n) is 1.82. The number of ether oxygens (including phenoxy) is 1. The molecule has 1 aromatic rings. The van der Waals surface area contributed by atoms with Crippen LogP contribution >= 0.6 is 0 Å². The Labute approximate surface area is 120 Å². The molecule has 0 radical (unpaired) electrons. The molecule has 0 heterocycles. The van der Waals surface area contributed by atoms with E-state index in [1.807, 2.05) is 42.2 Å². The van der Waals surface area contributed by atoms with Crippen LogP contribution < -0.4 is 4.90 Å². The van der Waals surface area contributed by atoms with E-state index in [0.29, 0.717) is 6.54 Å². The zero-order chi connectivity index (χ0) is 15.2. The molecular formula is C16H23NO3. The molecule has 0 aromatic heterocycles. The van der Waals surface area contributed by atoms with E-state index in [1.54, 1.807) is 20.8 Å². The molecule has 0 saturated heterocycles. The molecule has 0 bridgehead atoms. The number of esters is 1. The van der Waals surface area contributed by atoms with Gasteiger partial charge in [0.1, 0.15) is 5.41 Å². The molecule has 4 heteroatoms. The highest BCUT2D eigenvalue weighted by Gasteiger charge is 2.37. The number of para-hydroxylation sites is 1. The number of likely N-dealkylation sites (N-methyl/N-ethyl adjacent to an activating group) is 1. The zero-order valence-electron chi connectivity index (χ0n) is 12.7. The molecule has 0 atom stereocenters. The second-order valence-corrected chi connectivity index (χ2v) is 5.12. The van der Waals surface area contributed by atoms with Crippen molar-refractivity contribution in [3.63, 3.8) is 0 Å². The van der Waals surface area contributed by atoms with Gasteiger partial charge in [-0.2, -0.15) is 0 Å². The van der Waals surface area contributed by atoms with E-state index in [9.17, 15) is 9.59 Å². The molecule has 0 unspecified atom stereocenters. The molecule has 1 rings (SSSR count). The van der Waals surface area contributed by atoms with Crippen LogP contribution in [0.2, 0.25) is 0 Å². The number of hydrogen-bond donors (Lipinski definition) is 0. The van der Waals surface area contributed by atoms with Crippen LogP contribution in [0.1, 0.15) is 27.7 Å². The van der Waals surface area contributed by atoms with Gasteiger partial charge in [0.05, 0.1) is 13.2 Å². The summed E-state index contributed by atoms with van der Waals surface area (Å²) in [7, 11) is 0. The first-order valence-corrected chi connectivity index (χ1v) is 6.94. The van der Waals surface area contributed by atoms with E-state index >= 15 is 0 Å². The van der Waals surface area contributed by atoms with Crippen LogP contribution in [0, 0.1) is 5.41 Å². The first-order chi connectivity index (χ1) is 9.43. The fraction of sp³-hybridized carbons (Fsp3) is 0.500. The number of carbonyl (C=O) groups excluding carboxylic acids is 2. The minimum atomic E-state index is -1.11. The molecular weight excluding hydrogens is 254 g/mol. The first kappa shape index (κ1) is 16.2. The number of benzene rings is 1. The van der Waals surface area contributed by atoms with Crippen LogP contribution in [0.4, 0.5) is 5.69 Å². The molecule has 0 N–H and O–H groups in total. The molecule has 0 aliphatic rings. The van der Waals surface area contributed by atoms with Crippen LogP contribution in [0.25, 0.3) is 0 Å². The Morgan fingerprint density at radius 1 is 1.15 bits per heavy atom. The monoisotopic (exact) mass is 277 g/mol. The van der Waals surface area contributed by atoms with Crippen molar-refractivity contribution in [2.75, 3.05) is 24.6 Å². The van der Waals surface area contributed by atoms with E-state index in [0.717, 1.165) is 5.69 Å². The molecule has 0 spiro atoms. The maximum absolute atomic E-state index is 12.4. The molecule has 0 fully saturated rings. The quantitative estimate of drug-likeness (QED) is 0.568. The largest absolute Gasteiger partial charge is 0.465 e. The van der Waals surface area contributed by atoms with Crippen molar-refractivity contribution >= 4 is 17.4 Å².